The van der Waals surface area contributed by atoms with Crippen LogP contribution in [-0.2, 0) is 24.2 Å². The van der Waals surface area contributed by atoms with Crippen LogP contribution in [0.25, 0.3) is 6.08 Å². The number of carbonyl (C=O) groups excluding carboxylic acids is 2. The van der Waals surface area contributed by atoms with Gasteiger partial charge >= 0.3 is 5.97 Å². The van der Waals surface area contributed by atoms with E-state index in [9.17, 15) is 18.0 Å². The first-order valence-electron chi connectivity index (χ1n) is 9.38. The van der Waals surface area contributed by atoms with E-state index in [0.717, 1.165) is 11.3 Å². The van der Waals surface area contributed by atoms with Gasteiger partial charge in [-0.05, 0) is 51.0 Å². The van der Waals surface area contributed by atoms with Crippen molar-refractivity contribution < 1.29 is 27.5 Å². The van der Waals surface area contributed by atoms with E-state index in [1.165, 1.54) is 17.9 Å². The largest absolute Gasteiger partial charge is 0.494 e. The molecule has 2 rings (SSSR count). The molecule has 1 aliphatic heterocycles. The first-order valence-corrected chi connectivity index (χ1v) is 11.2. The zero-order chi connectivity index (χ0) is 20.7. The molecule has 154 valence electrons. The molecule has 8 heteroatoms. The molecule has 1 aliphatic rings. The molecule has 2 atom stereocenters. The number of hydrogen-bond donors (Lipinski definition) is 0. The van der Waals surface area contributed by atoms with Crippen LogP contribution < -0.4 is 4.74 Å². The van der Waals surface area contributed by atoms with Gasteiger partial charge in [0, 0.05) is 18.7 Å². The van der Waals surface area contributed by atoms with E-state index in [-0.39, 0.29) is 23.5 Å². The van der Waals surface area contributed by atoms with Crippen LogP contribution in [0.4, 0.5) is 0 Å². The van der Waals surface area contributed by atoms with Gasteiger partial charge < -0.3 is 14.4 Å². The highest BCUT2D eigenvalue weighted by Gasteiger charge is 2.36. The predicted octanol–water partition coefficient (Wildman–Crippen LogP) is 2.07. The second-order valence-electron chi connectivity index (χ2n) is 6.60. The summed E-state index contributed by atoms with van der Waals surface area (Å²) in [5.74, 6) is -0.224. The fourth-order valence-corrected chi connectivity index (χ4v) is 4.85. The molecular weight excluding hydrogens is 382 g/mol. The number of amides is 1. The van der Waals surface area contributed by atoms with Crippen LogP contribution in [0.5, 0.6) is 5.75 Å². The van der Waals surface area contributed by atoms with Crippen LogP contribution in [0.2, 0.25) is 0 Å². The van der Waals surface area contributed by atoms with Crippen molar-refractivity contribution in [2.75, 3.05) is 24.7 Å². The number of ether oxygens (including phenoxy) is 2. The summed E-state index contributed by atoms with van der Waals surface area (Å²) in [5, 5.41) is 0. The zero-order valence-electron chi connectivity index (χ0n) is 16.5. The first-order chi connectivity index (χ1) is 13.3. The Balaban J connectivity index is 1.92. The normalized spacial score (nSPS) is 19.3. The van der Waals surface area contributed by atoms with E-state index >= 15 is 0 Å². The second-order valence-corrected chi connectivity index (χ2v) is 8.82. The molecule has 1 heterocycles. The molecule has 0 spiro atoms. The summed E-state index contributed by atoms with van der Waals surface area (Å²) in [4.78, 5) is 26.1. The maximum absolute atomic E-state index is 12.6. The third-order valence-corrected chi connectivity index (χ3v) is 6.27. The highest BCUT2D eigenvalue weighted by atomic mass is 32.2. The molecule has 1 saturated heterocycles. The molecule has 0 unspecified atom stereocenters. The van der Waals surface area contributed by atoms with Crippen molar-refractivity contribution in [3.05, 3.63) is 35.9 Å². The SMILES string of the molecule is CCOc1ccc(/C=C/C(=O)O[C@H](C)C(=O)N(CC)[C@H]2CCS(=O)(=O)C2)cc1. The van der Waals surface area contributed by atoms with E-state index in [2.05, 4.69) is 0 Å². The van der Waals surface area contributed by atoms with E-state index in [0.29, 0.717) is 19.6 Å². The number of esters is 1. The Hall–Kier alpha value is -2.35. The van der Waals surface area contributed by atoms with Gasteiger partial charge in [-0.2, -0.15) is 0 Å². The van der Waals surface area contributed by atoms with Crippen LogP contribution in [-0.4, -0.2) is 62.0 Å². The number of carbonyl (C=O) groups is 2. The summed E-state index contributed by atoms with van der Waals surface area (Å²) in [5.41, 5.74) is 0.797. The van der Waals surface area contributed by atoms with Gasteiger partial charge in [-0.3, -0.25) is 4.79 Å². The summed E-state index contributed by atoms with van der Waals surface area (Å²) >= 11 is 0. The van der Waals surface area contributed by atoms with Crippen LogP contribution in [0.1, 0.15) is 32.8 Å². The third kappa shape index (κ3) is 6.09. The average molecular weight is 410 g/mol. The van der Waals surface area contributed by atoms with Crippen LogP contribution >= 0.6 is 0 Å². The fourth-order valence-electron chi connectivity index (χ4n) is 3.12. The molecule has 1 fully saturated rings. The number of hydrogen-bond acceptors (Lipinski definition) is 6. The Morgan fingerprint density at radius 2 is 1.93 bits per heavy atom. The maximum atomic E-state index is 12.6. The minimum atomic E-state index is -3.10. The molecule has 1 aromatic rings. The lowest BCUT2D eigenvalue weighted by Crippen LogP contribution is -2.46. The topological polar surface area (TPSA) is 90.0 Å². The van der Waals surface area contributed by atoms with Crippen LogP contribution in [0.3, 0.4) is 0 Å². The molecule has 0 aromatic heterocycles. The third-order valence-electron chi connectivity index (χ3n) is 4.52. The Morgan fingerprint density at radius 1 is 1.25 bits per heavy atom. The minimum Gasteiger partial charge on any atom is -0.494 e. The molecule has 7 nitrogen and oxygen atoms in total. The summed E-state index contributed by atoms with van der Waals surface area (Å²) in [7, 11) is -3.10. The average Bonchev–Trinajstić information content (AvgIpc) is 3.01. The van der Waals surface area contributed by atoms with E-state index in [1.807, 2.05) is 19.1 Å². The van der Waals surface area contributed by atoms with E-state index in [1.54, 1.807) is 25.1 Å². The van der Waals surface area contributed by atoms with Crippen molar-refractivity contribution in [3.63, 3.8) is 0 Å². The lowest BCUT2D eigenvalue weighted by atomic mass is 10.2. The smallest absolute Gasteiger partial charge is 0.331 e. The number of benzene rings is 1. The van der Waals surface area contributed by atoms with Crippen molar-refractivity contribution in [2.45, 2.75) is 39.3 Å². The van der Waals surface area contributed by atoms with Gasteiger partial charge in [0.15, 0.2) is 15.9 Å². The summed E-state index contributed by atoms with van der Waals surface area (Å²) in [6.07, 6.45) is 2.28. The maximum Gasteiger partial charge on any atom is 0.331 e. The molecule has 1 aromatic carbocycles. The van der Waals surface area contributed by atoms with Gasteiger partial charge in [0.05, 0.1) is 18.1 Å². The van der Waals surface area contributed by atoms with Crippen molar-refractivity contribution in [2.24, 2.45) is 0 Å². The van der Waals surface area contributed by atoms with Gasteiger partial charge in [-0.25, -0.2) is 13.2 Å². The summed E-state index contributed by atoms with van der Waals surface area (Å²) in [6, 6.07) is 6.86. The standard InChI is InChI=1S/C20H27NO6S/c1-4-21(17-12-13-28(24,25)14-17)20(23)15(3)27-19(22)11-8-16-6-9-18(10-7-16)26-5-2/h6-11,15,17H,4-5,12-14H2,1-3H3/b11-8+/t15-,17+/m1/s1. The summed E-state index contributed by atoms with van der Waals surface area (Å²) in [6.45, 7) is 6.12. The highest BCUT2D eigenvalue weighted by molar-refractivity contribution is 7.91. The number of likely N-dealkylation sites (N-methyl/N-ethyl adjacent to an activating group) is 1. The van der Waals surface area contributed by atoms with E-state index in [4.69, 9.17) is 9.47 Å². The highest BCUT2D eigenvalue weighted by Crippen LogP contribution is 2.19. The predicted molar refractivity (Wildman–Crippen MR) is 107 cm³/mol. The quantitative estimate of drug-likeness (QED) is 0.482. The molecule has 0 bridgehead atoms. The van der Waals surface area contributed by atoms with Gasteiger partial charge in [0.2, 0.25) is 0 Å². The number of rotatable bonds is 8. The molecule has 0 saturated carbocycles. The fraction of sp³-hybridized carbons (Fsp3) is 0.500. The molecule has 0 N–H and O–H groups in total. The van der Waals surface area contributed by atoms with E-state index < -0.39 is 21.9 Å². The van der Waals surface area contributed by atoms with Crippen molar-refractivity contribution >= 4 is 27.8 Å². The van der Waals surface area contributed by atoms with Crippen molar-refractivity contribution in [1.82, 2.24) is 4.90 Å². The molecular formula is C20H27NO6S. The molecule has 1 amide bonds. The number of nitrogens with zero attached hydrogens (tertiary/aromatic N) is 1. The van der Waals surface area contributed by atoms with Gasteiger partial charge in [0.25, 0.3) is 5.91 Å². The Kier molecular flexibility index (Phi) is 7.62. The Labute approximate surface area is 166 Å². The Bertz CT molecular complexity index is 816. The Morgan fingerprint density at radius 3 is 2.46 bits per heavy atom. The molecule has 0 aliphatic carbocycles. The lowest BCUT2D eigenvalue weighted by molar-refractivity contribution is -0.156. The monoisotopic (exact) mass is 409 g/mol. The van der Waals surface area contributed by atoms with Gasteiger partial charge in [0.1, 0.15) is 5.75 Å². The van der Waals surface area contributed by atoms with Crippen molar-refractivity contribution in [3.8, 4) is 5.75 Å². The summed E-state index contributed by atoms with van der Waals surface area (Å²) < 4.78 is 33.9. The van der Waals surface area contributed by atoms with Gasteiger partial charge in [-0.15, -0.1) is 0 Å². The zero-order valence-corrected chi connectivity index (χ0v) is 17.3. The van der Waals surface area contributed by atoms with Gasteiger partial charge in [-0.1, -0.05) is 12.1 Å². The number of sulfone groups is 1. The van der Waals surface area contributed by atoms with Crippen LogP contribution in [0, 0.1) is 0 Å². The lowest BCUT2D eigenvalue weighted by Gasteiger charge is -2.29. The van der Waals surface area contributed by atoms with Crippen molar-refractivity contribution in [1.29, 1.82) is 0 Å². The first kappa shape index (κ1) is 21.9. The minimum absolute atomic E-state index is 0.0368. The molecule has 28 heavy (non-hydrogen) atoms. The second kappa shape index (κ2) is 9.73. The molecule has 0 radical (unpaired) electrons. The van der Waals surface area contributed by atoms with Crippen LogP contribution in [0.15, 0.2) is 30.3 Å².